The minimum Gasteiger partial charge on any atom is -0.496 e. The molecule has 1 aromatic rings. The molecule has 0 bridgehead atoms. The summed E-state index contributed by atoms with van der Waals surface area (Å²) in [7, 11) is 1.58. The van der Waals surface area contributed by atoms with Gasteiger partial charge in [0.05, 0.1) is 12.7 Å². The van der Waals surface area contributed by atoms with Crippen LogP contribution in [0, 0.1) is 0 Å². The smallest absolute Gasteiger partial charge is 0.257 e. The molecular weight excluding hydrogens is 342 g/mol. The number of halogens is 2. The van der Waals surface area contributed by atoms with E-state index in [0.29, 0.717) is 22.4 Å². The molecule has 3 nitrogen and oxygen atoms in total. The van der Waals surface area contributed by atoms with Crippen molar-refractivity contribution in [3.63, 3.8) is 0 Å². The number of carbonyl (C=O) groups excluding carboxylic acids is 1. The maximum Gasteiger partial charge on any atom is 0.257 e. The quantitative estimate of drug-likeness (QED) is 0.756. The van der Waals surface area contributed by atoms with Crippen molar-refractivity contribution in [3.05, 3.63) is 28.8 Å². The van der Waals surface area contributed by atoms with Gasteiger partial charge < -0.3 is 9.64 Å². The third-order valence-corrected chi connectivity index (χ3v) is 4.42. The van der Waals surface area contributed by atoms with E-state index < -0.39 is 0 Å². The Balaban J connectivity index is 2.26. The van der Waals surface area contributed by atoms with E-state index in [-0.39, 0.29) is 5.91 Å². The van der Waals surface area contributed by atoms with E-state index in [1.807, 2.05) is 4.90 Å². The van der Waals surface area contributed by atoms with Gasteiger partial charge in [-0.25, -0.2) is 0 Å². The molecule has 1 fully saturated rings. The highest BCUT2D eigenvalue weighted by Crippen LogP contribution is 2.28. The molecule has 1 heterocycles. The van der Waals surface area contributed by atoms with Crippen molar-refractivity contribution in [3.8, 4) is 5.75 Å². The maximum absolute atomic E-state index is 12.8. The van der Waals surface area contributed by atoms with Gasteiger partial charge in [0.25, 0.3) is 5.91 Å². The molecule has 110 valence electrons. The number of piperidine rings is 1. The van der Waals surface area contributed by atoms with Gasteiger partial charge in [0.2, 0.25) is 0 Å². The highest BCUT2D eigenvalue weighted by atomic mass is 79.9. The number of hydrogen-bond acceptors (Lipinski definition) is 2. The zero-order valence-corrected chi connectivity index (χ0v) is 13.9. The molecule has 1 atom stereocenters. The lowest BCUT2D eigenvalue weighted by Gasteiger charge is -2.36. The molecule has 5 heteroatoms. The zero-order chi connectivity index (χ0) is 14.5. The average Bonchev–Trinajstić information content (AvgIpc) is 2.47. The number of methoxy groups -OCH3 is 1. The van der Waals surface area contributed by atoms with Crippen molar-refractivity contribution < 1.29 is 9.53 Å². The first-order chi connectivity index (χ1) is 9.67. The second kappa shape index (κ2) is 7.32. The van der Waals surface area contributed by atoms with Crippen LogP contribution in [-0.2, 0) is 0 Å². The summed E-state index contributed by atoms with van der Waals surface area (Å²) in [6, 6.07) is 5.49. The fourth-order valence-corrected chi connectivity index (χ4v) is 3.40. The molecule has 0 aromatic heterocycles. The number of hydrogen-bond donors (Lipinski definition) is 0. The van der Waals surface area contributed by atoms with Crippen molar-refractivity contribution in [1.82, 2.24) is 4.90 Å². The van der Waals surface area contributed by atoms with E-state index >= 15 is 0 Å². The molecule has 2 rings (SSSR count). The van der Waals surface area contributed by atoms with E-state index in [9.17, 15) is 4.79 Å². The Hall–Kier alpha value is -0.740. The SMILES string of the molecule is COc1ccc(Cl)cc1C(=O)N1CCCCC1CCBr. The van der Waals surface area contributed by atoms with Crippen LogP contribution in [-0.4, -0.2) is 35.8 Å². The minimum atomic E-state index is 0.0231. The summed E-state index contributed by atoms with van der Waals surface area (Å²) < 4.78 is 5.29. The third kappa shape index (κ3) is 3.47. The van der Waals surface area contributed by atoms with Crippen LogP contribution in [0.2, 0.25) is 5.02 Å². The second-order valence-corrected chi connectivity index (χ2v) is 6.20. The summed E-state index contributed by atoms with van der Waals surface area (Å²) in [5, 5.41) is 1.47. The number of amides is 1. The summed E-state index contributed by atoms with van der Waals surface area (Å²) in [4.78, 5) is 14.8. The van der Waals surface area contributed by atoms with Gasteiger partial charge in [-0.15, -0.1) is 0 Å². The van der Waals surface area contributed by atoms with Crippen LogP contribution in [0.15, 0.2) is 18.2 Å². The molecule has 0 N–H and O–H groups in total. The van der Waals surface area contributed by atoms with E-state index in [1.165, 1.54) is 6.42 Å². The van der Waals surface area contributed by atoms with E-state index in [4.69, 9.17) is 16.3 Å². The predicted molar refractivity (Wildman–Crippen MR) is 85.1 cm³/mol. The number of rotatable bonds is 4. The summed E-state index contributed by atoms with van der Waals surface area (Å²) >= 11 is 9.49. The van der Waals surface area contributed by atoms with E-state index in [1.54, 1.807) is 25.3 Å². The third-order valence-electron chi connectivity index (χ3n) is 3.72. The number of carbonyl (C=O) groups is 1. The Labute approximate surface area is 133 Å². The van der Waals surface area contributed by atoms with Crippen LogP contribution >= 0.6 is 27.5 Å². The molecule has 1 aliphatic rings. The van der Waals surface area contributed by atoms with Crippen molar-refractivity contribution in [2.24, 2.45) is 0 Å². The molecule has 1 aromatic carbocycles. The lowest BCUT2D eigenvalue weighted by molar-refractivity contribution is 0.0606. The van der Waals surface area contributed by atoms with Gasteiger partial charge in [-0.1, -0.05) is 27.5 Å². The van der Waals surface area contributed by atoms with Crippen LogP contribution in [0.1, 0.15) is 36.0 Å². The zero-order valence-electron chi connectivity index (χ0n) is 11.6. The first-order valence-corrected chi connectivity index (χ1v) is 8.37. The largest absolute Gasteiger partial charge is 0.496 e. The van der Waals surface area contributed by atoms with Crippen LogP contribution in [0.25, 0.3) is 0 Å². The van der Waals surface area contributed by atoms with Crippen molar-refractivity contribution in [1.29, 1.82) is 0 Å². The Morgan fingerprint density at radius 3 is 3.00 bits per heavy atom. The molecule has 0 saturated carbocycles. The maximum atomic E-state index is 12.8. The van der Waals surface area contributed by atoms with Crippen molar-refractivity contribution >= 4 is 33.4 Å². The molecule has 20 heavy (non-hydrogen) atoms. The number of alkyl halides is 1. The van der Waals surface area contributed by atoms with Crippen LogP contribution in [0.3, 0.4) is 0 Å². The molecule has 1 unspecified atom stereocenters. The summed E-state index contributed by atoms with van der Waals surface area (Å²) in [6.45, 7) is 0.812. The Morgan fingerprint density at radius 1 is 1.50 bits per heavy atom. The molecular formula is C15H19BrClNO2. The molecule has 0 aliphatic carbocycles. The molecule has 1 aliphatic heterocycles. The average molecular weight is 361 g/mol. The predicted octanol–water partition coefficient (Wildman–Crippen LogP) is 4.13. The van der Waals surface area contributed by atoms with Gasteiger partial charge >= 0.3 is 0 Å². The van der Waals surface area contributed by atoms with Gasteiger partial charge in [0.1, 0.15) is 5.75 Å². The fourth-order valence-electron chi connectivity index (χ4n) is 2.70. The number of likely N-dealkylation sites (tertiary alicyclic amines) is 1. The van der Waals surface area contributed by atoms with Crippen LogP contribution < -0.4 is 4.74 Å². The summed E-state index contributed by atoms with van der Waals surface area (Å²) in [5.74, 6) is 0.609. The lowest BCUT2D eigenvalue weighted by atomic mass is 9.98. The van der Waals surface area contributed by atoms with Gasteiger partial charge in [-0.3, -0.25) is 4.79 Å². The molecule has 0 spiro atoms. The molecule has 0 radical (unpaired) electrons. The lowest BCUT2D eigenvalue weighted by Crippen LogP contribution is -2.44. The van der Waals surface area contributed by atoms with Crippen molar-refractivity contribution in [2.75, 3.05) is 19.0 Å². The Morgan fingerprint density at radius 2 is 2.30 bits per heavy atom. The Kier molecular flexibility index (Phi) is 5.73. The van der Waals surface area contributed by atoms with E-state index in [0.717, 1.165) is 31.1 Å². The second-order valence-electron chi connectivity index (χ2n) is 4.97. The van der Waals surface area contributed by atoms with Gasteiger partial charge in [0.15, 0.2) is 0 Å². The normalized spacial score (nSPS) is 18.9. The Bertz CT molecular complexity index is 479. The topological polar surface area (TPSA) is 29.5 Å². The van der Waals surface area contributed by atoms with Gasteiger partial charge in [-0.05, 0) is 43.9 Å². The van der Waals surface area contributed by atoms with Crippen molar-refractivity contribution in [2.45, 2.75) is 31.7 Å². The van der Waals surface area contributed by atoms with Gasteiger partial charge in [-0.2, -0.15) is 0 Å². The molecule has 1 saturated heterocycles. The first-order valence-electron chi connectivity index (χ1n) is 6.88. The first kappa shape index (κ1) is 15.6. The fraction of sp³-hybridized carbons (Fsp3) is 0.533. The van der Waals surface area contributed by atoms with Crippen LogP contribution in [0.5, 0.6) is 5.75 Å². The molecule has 1 amide bonds. The van der Waals surface area contributed by atoms with E-state index in [2.05, 4.69) is 15.9 Å². The number of nitrogens with zero attached hydrogens (tertiary/aromatic N) is 1. The highest BCUT2D eigenvalue weighted by molar-refractivity contribution is 9.09. The summed E-state index contributed by atoms with van der Waals surface area (Å²) in [6.07, 6.45) is 4.30. The van der Waals surface area contributed by atoms with Crippen LogP contribution in [0.4, 0.5) is 0 Å². The highest BCUT2D eigenvalue weighted by Gasteiger charge is 2.28. The number of ether oxygens (including phenoxy) is 1. The monoisotopic (exact) mass is 359 g/mol. The summed E-state index contributed by atoms with van der Waals surface area (Å²) in [5.41, 5.74) is 0.557. The number of benzene rings is 1. The standard InChI is InChI=1S/C15H19BrClNO2/c1-20-14-6-5-11(17)10-13(14)15(19)18-9-3-2-4-12(18)7-8-16/h5-6,10,12H,2-4,7-9H2,1H3. The van der Waals surface area contributed by atoms with Gasteiger partial charge in [0, 0.05) is 22.9 Å². The minimum absolute atomic E-state index is 0.0231.